The van der Waals surface area contributed by atoms with Crippen molar-refractivity contribution in [3.63, 3.8) is 0 Å². The van der Waals surface area contributed by atoms with Crippen LogP contribution in [0.5, 0.6) is 0 Å². The Morgan fingerprint density at radius 1 is 1.08 bits per heavy atom. The van der Waals surface area contributed by atoms with E-state index in [2.05, 4.69) is 5.10 Å². The summed E-state index contributed by atoms with van der Waals surface area (Å²) in [5, 5.41) is 4.39. The molecule has 2 aromatic carbocycles. The van der Waals surface area contributed by atoms with E-state index in [-0.39, 0.29) is 30.8 Å². The Morgan fingerprint density at radius 3 is 2.38 bits per heavy atom. The third kappa shape index (κ3) is 4.23. The molecule has 1 atom stereocenters. The van der Waals surface area contributed by atoms with Crippen molar-refractivity contribution >= 4 is 22.1 Å². The summed E-state index contributed by atoms with van der Waals surface area (Å²) < 4.78 is 86.8. The molecule has 0 amide bonds. The number of ether oxygens (including phenoxy) is 1. The van der Waals surface area contributed by atoms with Gasteiger partial charge in [0, 0.05) is 13.1 Å². The summed E-state index contributed by atoms with van der Waals surface area (Å²) in [6.45, 7) is -0.218. The number of rotatable bonds is 4. The van der Waals surface area contributed by atoms with Gasteiger partial charge < -0.3 is 4.74 Å². The van der Waals surface area contributed by atoms with Crippen LogP contribution in [0.1, 0.15) is 23.2 Å². The van der Waals surface area contributed by atoms with Gasteiger partial charge in [-0.1, -0.05) is 0 Å². The standard InChI is InChI=1S/C25H21F4N3O4S/c1-36-23(33)24-13-16-14-30-32(20-6-4-19(26)5-7-20)22(16)12-18(24)10-11-31(15-24)37(34,35)21-8-2-17(3-9-21)25(27,28)29/h2-9,12,14H,10-11,13,15H2,1H3. The monoisotopic (exact) mass is 535 g/mol. The fraction of sp³-hybridized carbons (Fsp3) is 0.280. The highest BCUT2D eigenvalue weighted by atomic mass is 32.2. The van der Waals surface area contributed by atoms with Gasteiger partial charge in [-0.15, -0.1) is 0 Å². The molecule has 12 heteroatoms. The van der Waals surface area contributed by atoms with Crippen molar-refractivity contribution in [3.8, 4) is 5.69 Å². The van der Waals surface area contributed by atoms with E-state index in [1.165, 1.54) is 19.2 Å². The van der Waals surface area contributed by atoms with Gasteiger partial charge in [0.25, 0.3) is 0 Å². The quantitative estimate of drug-likeness (QED) is 0.369. The van der Waals surface area contributed by atoms with Gasteiger partial charge in [-0.05, 0) is 78.6 Å². The van der Waals surface area contributed by atoms with Crippen LogP contribution in [-0.2, 0) is 32.2 Å². The molecule has 1 fully saturated rings. The van der Waals surface area contributed by atoms with Gasteiger partial charge in [0.1, 0.15) is 11.2 Å². The predicted octanol–water partition coefficient (Wildman–Crippen LogP) is 4.22. The highest BCUT2D eigenvalue weighted by Gasteiger charge is 2.51. The topological polar surface area (TPSA) is 81.5 Å². The average Bonchev–Trinajstić information content (AvgIpc) is 3.28. The number of alkyl halides is 3. The lowest BCUT2D eigenvalue weighted by atomic mass is 9.69. The third-order valence-electron chi connectivity index (χ3n) is 6.85. The predicted molar refractivity (Wildman–Crippen MR) is 124 cm³/mol. The second-order valence-electron chi connectivity index (χ2n) is 8.97. The summed E-state index contributed by atoms with van der Waals surface area (Å²) in [4.78, 5) is 12.8. The van der Waals surface area contributed by atoms with E-state index in [0.717, 1.165) is 28.6 Å². The van der Waals surface area contributed by atoms with E-state index in [0.29, 0.717) is 22.5 Å². The van der Waals surface area contributed by atoms with Crippen LogP contribution in [0.25, 0.3) is 11.8 Å². The summed E-state index contributed by atoms with van der Waals surface area (Å²) in [7, 11) is -2.98. The number of carbonyl (C=O) groups excluding carboxylic acids is 1. The number of carbonyl (C=O) groups is 1. The maximum atomic E-state index is 13.4. The van der Waals surface area contributed by atoms with Gasteiger partial charge >= 0.3 is 12.1 Å². The normalized spacial score (nSPS) is 20.1. The number of methoxy groups -OCH3 is 1. The number of hydrogen-bond donors (Lipinski definition) is 0. The SMILES string of the molecule is COC(=O)C12Cc3cnn(-c4ccc(F)cc4)c3C=C1CCN(S(=O)(=O)c1ccc(C(F)(F)F)cc1)C2. The Labute approximate surface area is 210 Å². The molecule has 0 N–H and O–H groups in total. The molecule has 0 bridgehead atoms. The van der Waals surface area contributed by atoms with Crippen molar-refractivity contribution in [2.75, 3.05) is 20.2 Å². The first-order valence-electron chi connectivity index (χ1n) is 11.3. The van der Waals surface area contributed by atoms with E-state index in [9.17, 15) is 30.8 Å². The van der Waals surface area contributed by atoms with Crippen LogP contribution < -0.4 is 0 Å². The molecule has 7 nitrogen and oxygen atoms in total. The number of hydrogen-bond acceptors (Lipinski definition) is 5. The number of piperidine rings is 1. The largest absolute Gasteiger partial charge is 0.468 e. The molecule has 37 heavy (non-hydrogen) atoms. The fourth-order valence-electron chi connectivity index (χ4n) is 4.94. The zero-order valence-corrected chi connectivity index (χ0v) is 20.3. The maximum Gasteiger partial charge on any atom is 0.416 e. The molecule has 3 aromatic rings. The van der Waals surface area contributed by atoms with Crippen molar-refractivity contribution < 1.29 is 35.5 Å². The Balaban J connectivity index is 1.50. The summed E-state index contributed by atoms with van der Waals surface area (Å²) in [6, 6.07) is 9.03. The van der Waals surface area contributed by atoms with E-state index in [1.54, 1.807) is 29.1 Å². The zero-order valence-electron chi connectivity index (χ0n) is 19.5. The average molecular weight is 536 g/mol. The number of nitrogens with zero attached hydrogens (tertiary/aromatic N) is 3. The van der Waals surface area contributed by atoms with Crippen LogP contribution in [0, 0.1) is 11.2 Å². The summed E-state index contributed by atoms with van der Waals surface area (Å²) in [5.74, 6) is -1.01. The molecule has 2 heterocycles. The minimum atomic E-state index is -4.60. The van der Waals surface area contributed by atoms with Crippen molar-refractivity contribution in [3.05, 3.63) is 82.9 Å². The van der Waals surface area contributed by atoms with E-state index >= 15 is 0 Å². The number of fused-ring (bicyclic) bond motifs is 2. The van der Waals surface area contributed by atoms with E-state index in [4.69, 9.17) is 4.74 Å². The second-order valence-corrected chi connectivity index (χ2v) is 10.9. The molecule has 2 aliphatic rings. The highest BCUT2D eigenvalue weighted by Crippen LogP contribution is 2.46. The second kappa shape index (κ2) is 8.80. The molecule has 0 spiro atoms. The molecule has 1 aliphatic carbocycles. The Morgan fingerprint density at radius 2 is 1.76 bits per heavy atom. The van der Waals surface area contributed by atoms with Crippen molar-refractivity contribution in [2.45, 2.75) is 23.9 Å². The molecule has 0 saturated carbocycles. The van der Waals surface area contributed by atoms with Gasteiger partial charge in [0.05, 0.1) is 35.1 Å². The van der Waals surface area contributed by atoms with Gasteiger partial charge in [0.2, 0.25) is 10.0 Å². The first kappa shape index (κ1) is 25.2. The fourth-order valence-corrected chi connectivity index (χ4v) is 6.44. The minimum absolute atomic E-state index is 0.0218. The Bertz CT molecular complexity index is 1500. The van der Waals surface area contributed by atoms with Gasteiger partial charge in [-0.3, -0.25) is 4.79 Å². The summed E-state index contributed by atoms with van der Waals surface area (Å²) in [6.07, 6.45) is -0.932. The molecule has 1 saturated heterocycles. The number of halogens is 4. The zero-order chi connectivity index (χ0) is 26.6. The molecular weight excluding hydrogens is 514 g/mol. The molecule has 1 unspecified atom stereocenters. The first-order valence-corrected chi connectivity index (χ1v) is 12.7. The van der Waals surface area contributed by atoms with Crippen molar-refractivity contribution in [2.24, 2.45) is 5.41 Å². The van der Waals surface area contributed by atoms with Crippen LogP contribution in [0.4, 0.5) is 17.6 Å². The lowest BCUT2D eigenvalue weighted by Gasteiger charge is -2.43. The van der Waals surface area contributed by atoms with E-state index < -0.39 is 39.0 Å². The van der Waals surface area contributed by atoms with Crippen LogP contribution in [0.3, 0.4) is 0 Å². The molecule has 0 radical (unpaired) electrons. The number of aromatic nitrogens is 2. The molecule has 1 aliphatic heterocycles. The van der Waals surface area contributed by atoms with Crippen LogP contribution in [0.15, 0.2) is 65.2 Å². The molecular formula is C25H21F4N3O4S. The highest BCUT2D eigenvalue weighted by molar-refractivity contribution is 7.89. The molecule has 1 aromatic heterocycles. The minimum Gasteiger partial charge on any atom is -0.468 e. The molecule has 5 rings (SSSR count). The Hall–Kier alpha value is -3.51. The number of benzene rings is 2. The van der Waals surface area contributed by atoms with Crippen LogP contribution >= 0.6 is 0 Å². The van der Waals surface area contributed by atoms with Gasteiger partial charge in [-0.2, -0.15) is 22.6 Å². The van der Waals surface area contributed by atoms with Crippen molar-refractivity contribution in [1.29, 1.82) is 0 Å². The summed E-state index contributed by atoms with van der Waals surface area (Å²) in [5.41, 5.74) is 0.365. The van der Waals surface area contributed by atoms with Crippen LogP contribution in [-0.4, -0.2) is 48.7 Å². The van der Waals surface area contributed by atoms with Crippen LogP contribution in [0.2, 0.25) is 0 Å². The number of esters is 1. The number of sulfonamides is 1. The maximum absolute atomic E-state index is 13.4. The van der Waals surface area contributed by atoms with Gasteiger partial charge in [-0.25, -0.2) is 17.5 Å². The Kier molecular flexibility index (Phi) is 5.99. The van der Waals surface area contributed by atoms with Gasteiger partial charge in [0.15, 0.2) is 0 Å². The third-order valence-corrected chi connectivity index (χ3v) is 8.71. The van der Waals surface area contributed by atoms with E-state index in [1.807, 2.05) is 0 Å². The van der Waals surface area contributed by atoms with Crippen molar-refractivity contribution in [1.82, 2.24) is 14.1 Å². The first-order chi connectivity index (χ1) is 17.5. The lowest BCUT2D eigenvalue weighted by molar-refractivity contribution is -0.151. The lowest BCUT2D eigenvalue weighted by Crippen LogP contribution is -2.53. The summed E-state index contributed by atoms with van der Waals surface area (Å²) >= 11 is 0. The smallest absolute Gasteiger partial charge is 0.416 e. The molecule has 194 valence electrons.